The number of hydrogen-bond donors (Lipinski definition) is 1. The van der Waals surface area contributed by atoms with Gasteiger partial charge in [-0.1, -0.05) is 56.3 Å². The van der Waals surface area contributed by atoms with Crippen molar-refractivity contribution < 1.29 is 9.90 Å². The standard InChI is InChI=1S/C21H23NO2/c1-21(2)12-22(13-21)16-10-8-15(9-11-16)18-17(19(18)20(23)24)14-6-4-3-5-7-14/h3-11,17-19H,12-13H2,1-2H3,(H,23,24)/t17-,18-,19-/m1/s1. The van der Waals surface area contributed by atoms with Crippen LogP contribution in [0.2, 0.25) is 0 Å². The maximum absolute atomic E-state index is 11.6. The zero-order valence-electron chi connectivity index (χ0n) is 14.1. The van der Waals surface area contributed by atoms with Crippen LogP contribution in [0.4, 0.5) is 5.69 Å². The lowest BCUT2D eigenvalue weighted by atomic mass is 9.84. The summed E-state index contributed by atoms with van der Waals surface area (Å²) in [4.78, 5) is 14.0. The summed E-state index contributed by atoms with van der Waals surface area (Å²) in [6.07, 6.45) is 0. The molecule has 1 aliphatic carbocycles. The van der Waals surface area contributed by atoms with Gasteiger partial charge < -0.3 is 10.0 Å². The van der Waals surface area contributed by atoms with Crippen LogP contribution in [-0.2, 0) is 4.79 Å². The number of carboxylic acid groups (broad SMARTS) is 1. The minimum absolute atomic E-state index is 0.0896. The third kappa shape index (κ3) is 2.58. The van der Waals surface area contributed by atoms with E-state index >= 15 is 0 Å². The molecule has 1 N–H and O–H groups in total. The van der Waals surface area contributed by atoms with Gasteiger partial charge in [-0.15, -0.1) is 0 Å². The monoisotopic (exact) mass is 321 g/mol. The summed E-state index contributed by atoms with van der Waals surface area (Å²) in [5.41, 5.74) is 3.91. The van der Waals surface area contributed by atoms with Crippen LogP contribution in [0.1, 0.15) is 36.8 Å². The van der Waals surface area contributed by atoms with Crippen LogP contribution in [0.3, 0.4) is 0 Å². The number of benzene rings is 2. The summed E-state index contributed by atoms with van der Waals surface area (Å²) in [6.45, 7) is 6.73. The SMILES string of the molecule is CC1(C)CN(c2ccc([C@H]3[C@H](C(=O)O)[C@@H]3c3ccccc3)cc2)C1. The van der Waals surface area contributed by atoms with Crippen LogP contribution in [0.25, 0.3) is 0 Å². The van der Waals surface area contributed by atoms with Gasteiger partial charge in [0.05, 0.1) is 5.92 Å². The smallest absolute Gasteiger partial charge is 0.307 e. The van der Waals surface area contributed by atoms with E-state index < -0.39 is 5.97 Å². The summed E-state index contributed by atoms with van der Waals surface area (Å²) < 4.78 is 0. The minimum Gasteiger partial charge on any atom is -0.481 e. The number of anilines is 1. The Bertz CT molecular complexity index is 743. The largest absolute Gasteiger partial charge is 0.481 e. The molecular weight excluding hydrogens is 298 g/mol. The van der Waals surface area contributed by atoms with E-state index in [-0.39, 0.29) is 17.8 Å². The van der Waals surface area contributed by atoms with Crippen molar-refractivity contribution in [2.75, 3.05) is 18.0 Å². The van der Waals surface area contributed by atoms with Gasteiger partial charge >= 0.3 is 5.97 Å². The lowest BCUT2D eigenvalue weighted by molar-refractivity contribution is -0.138. The second kappa shape index (κ2) is 5.37. The molecule has 0 radical (unpaired) electrons. The van der Waals surface area contributed by atoms with Crippen molar-refractivity contribution >= 4 is 11.7 Å². The molecule has 1 saturated carbocycles. The Hall–Kier alpha value is -2.29. The first-order valence-corrected chi connectivity index (χ1v) is 8.59. The fraction of sp³-hybridized carbons (Fsp3) is 0.381. The third-order valence-electron chi connectivity index (χ3n) is 5.37. The Morgan fingerprint density at radius 1 is 0.958 bits per heavy atom. The quantitative estimate of drug-likeness (QED) is 0.921. The van der Waals surface area contributed by atoms with Crippen LogP contribution >= 0.6 is 0 Å². The van der Waals surface area contributed by atoms with Crippen molar-refractivity contribution in [3.63, 3.8) is 0 Å². The van der Waals surface area contributed by atoms with Crippen molar-refractivity contribution in [2.24, 2.45) is 11.3 Å². The van der Waals surface area contributed by atoms with Crippen molar-refractivity contribution in [3.05, 3.63) is 65.7 Å². The van der Waals surface area contributed by atoms with Gasteiger partial charge in [-0.2, -0.15) is 0 Å². The molecule has 1 aliphatic heterocycles. The van der Waals surface area contributed by atoms with Crippen LogP contribution in [0, 0.1) is 11.3 Å². The zero-order valence-corrected chi connectivity index (χ0v) is 14.1. The molecule has 4 rings (SSSR count). The Morgan fingerprint density at radius 3 is 2.00 bits per heavy atom. The highest BCUT2D eigenvalue weighted by Crippen LogP contribution is 2.60. The molecule has 0 amide bonds. The van der Waals surface area contributed by atoms with E-state index in [9.17, 15) is 9.90 Å². The molecule has 0 aromatic heterocycles. The molecule has 0 unspecified atom stereocenters. The molecule has 124 valence electrons. The highest BCUT2D eigenvalue weighted by molar-refractivity contribution is 5.78. The first-order valence-electron chi connectivity index (χ1n) is 8.59. The lowest BCUT2D eigenvalue weighted by Gasteiger charge is -2.47. The lowest BCUT2D eigenvalue weighted by Crippen LogP contribution is -2.53. The number of rotatable bonds is 4. The van der Waals surface area contributed by atoms with Crippen LogP contribution in [-0.4, -0.2) is 24.2 Å². The molecule has 2 aliphatic rings. The molecular formula is C21H23NO2. The topological polar surface area (TPSA) is 40.5 Å². The van der Waals surface area contributed by atoms with E-state index in [0.29, 0.717) is 5.41 Å². The Morgan fingerprint density at radius 2 is 1.50 bits per heavy atom. The van der Waals surface area contributed by atoms with E-state index in [1.807, 2.05) is 30.3 Å². The zero-order chi connectivity index (χ0) is 16.9. The van der Waals surface area contributed by atoms with Gasteiger partial charge in [-0.3, -0.25) is 4.79 Å². The van der Waals surface area contributed by atoms with Gasteiger partial charge in [0, 0.05) is 30.6 Å². The summed E-state index contributed by atoms with van der Waals surface area (Å²) >= 11 is 0. The molecule has 3 heteroatoms. The molecule has 2 aromatic carbocycles. The van der Waals surface area contributed by atoms with Crippen LogP contribution in [0.5, 0.6) is 0 Å². The van der Waals surface area contributed by atoms with Crippen molar-refractivity contribution in [1.82, 2.24) is 0 Å². The van der Waals surface area contributed by atoms with Gasteiger partial charge in [0.15, 0.2) is 0 Å². The van der Waals surface area contributed by atoms with Gasteiger partial charge in [-0.05, 0) is 28.7 Å². The number of carboxylic acids is 1. The van der Waals surface area contributed by atoms with Crippen LogP contribution < -0.4 is 4.90 Å². The van der Waals surface area contributed by atoms with E-state index in [0.717, 1.165) is 24.2 Å². The summed E-state index contributed by atoms with van der Waals surface area (Å²) in [5.74, 6) is -0.812. The molecule has 1 saturated heterocycles. The maximum Gasteiger partial charge on any atom is 0.307 e. The average molecular weight is 321 g/mol. The second-order valence-corrected chi connectivity index (χ2v) is 7.94. The van der Waals surface area contributed by atoms with Gasteiger partial charge in [-0.25, -0.2) is 0 Å². The fourth-order valence-electron chi connectivity index (χ4n) is 4.20. The van der Waals surface area contributed by atoms with Crippen molar-refractivity contribution in [2.45, 2.75) is 25.7 Å². The summed E-state index contributed by atoms with van der Waals surface area (Å²) in [7, 11) is 0. The van der Waals surface area contributed by atoms with E-state index in [1.165, 1.54) is 5.69 Å². The predicted octanol–water partition coefficient (Wildman–Crippen LogP) is 4.11. The normalized spacial score (nSPS) is 27.4. The fourth-order valence-corrected chi connectivity index (χ4v) is 4.20. The van der Waals surface area contributed by atoms with Gasteiger partial charge in [0.1, 0.15) is 0 Å². The molecule has 0 spiro atoms. The highest BCUT2D eigenvalue weighted by atomic mass is 16.4. The number of aliphatic carboxylic acids is 1. The molecule has 2 aromatic rings. The maximum atomic E-state index is 11.6. The third-order valence-corrected chi connectivity index (χ3v) is 5.37. The summed E-state index contributed by atoms with van der Waals surface area (Å²) in [6, 6.07) is 18.5. The Labute approximate surface area is 142 Å². The first-order chi connectivity index (χ1) is 11.5. The molecule has 2 fully saturated rings. The van der Waals surface area contributed by atoms with E-state index in [1.54, 1.807) is 0 Å². The Balaban J connectivity index is 1.54. The number of nitrogens with zero attached hydrogens (tertiary/aromatic N) is 1. The number of hydrogen-bond acceptors (Lipinski definition) is 2. The van der Waals surface area contributed by atoms with Crippen molar-refractivity contribution in [1.29, 1.82) is 0 Å². The number of carbonyl (C=O) groups is 1. The highest BCUT2D eigenvalue weighted by Gasteiger charge is 2.56. The van der Waals surface area contributed by atoms with Gasteiger partial charge in [0.2, 0.25) is 0 Å². The predicted molar refractivity (Wildman–Crippen MR) is 95.5 cm³/mol. The van der Waals surface area contributed by atoms with Crippen molar-refractivity contribution in [3.8, 4) is 0 Å². The summed E-state index contributed by atoms with van der Waals surface area (Å²) in [5, 5.41) is 9.56. The molecule has 1 heterocycles. The molecule has 3 atom stereocenters. The van der Waals surface area contributed by atoms with E-state index in [4.69, 9.17) is 0 Å². The minimum atomic E-state index is -0.692. The second-order valence-electron chi connectivity index (χ2n) is 7.94. The molecule has 3 nitrogen and oxygen atoms in total. The van der Waals surface area contributed by atoms with E-state index in [2.05, 4.69) is 43.0 Å². The molecule has 0 bridgehead atoms. The van der Waals surface area contributed by atoms with Crippen LogP contribution in [0.15, 0.2) is 54.6 Å². The average Bonchev–Trinajstić information content (AvgIpc) is 3.29. The van der Waals surface area contributed by atoms with Gasteiger partial charge in [0.25, 0.3) is 0 Å². The Kier molecular flexibility index (Phi) is 3.41. The molecule has 24 heavy (non-hydrogen) atoms. The first kappa shape index (κ1) is 15.3.